The SMILES string of the molecule is CC(OC(=O)c1c(Cl)cccc1Cl)c1nc(-c2cccc(C(F)(F)F)c2)no1. The normalized spacial score (nSPS) is 12.6. The lowest BCUT2D eigenvalue weighted by Gasteiger charge is -2.11. The summed E-state index contributed by atoms with van der Waals surface area (Å²) in [6, 6.07) is 9.00. The highest BCUT2D eigenvalue weighted by atomic mass is 35.5. The molecule has 0 spiro atoms. The molecule has 0 amide bonds. The van der Waals surface area contributed by atoms with Gasteiger partial charge in [0.2, 0.25) is 5.82 Å². The fraction of sp³-hybridized carbons (Fsp3) is 0.167. The Kier molecular flexibility index (Phi) is 5.62. The summed E-state index contributed by atoms with van der Waals surface area (Å²) in [5.74, 6) is -0.967. The van der Waals surface area contributed by atoms with Crippen molar-refractivity contribution >= 4 is 29.2 Å². The molecule has 0 bridgehead atoms. The number of hydrogen-bond donors (Lipinski definition) is 0. The number of ether oxygens (including phenoxy) is 1. The standard InChI is InChI=1S/C18H11Cl2F3N2O3/c1-9(27-17(26)14-12(19)6-3-7-13(14)20)16-24-15(25-28-16)10-4-2-5-11(8-10)18(21,22)23/h2-9H,1H3. The second kappa shape index (κ2) is 7.81. The molecular weight excluding hydrogens is 420 g/mol. The third-order valence-electron chi connectivity index (χ3n) is 3.69. The van der Waals surface area contributed by atoms with Crippen molar-refractivity contribution in [1.82, 2.24) is 10.1 Å². The number of rotatable bonds is 4. The van der Waals surface area contributed by atoms with E-state index in [1.165, 1.54) is 31.2 Å². The van der Waals surface area contributed by atoms with Crippen LogP contribution in [-0.2, 0) is 10.9 Å². The van der Waals surface area contributed by atoms with Gasteiger partial charge in [-0.05, 0) is 31.2 Å². The average Bonchev–Trinajstić information content (AvgIpc) is 3.11. The molecule has 1 atom stereocenters. The van der Waals surface area contributed by atoms with E-state index in [0.29, 0.717) is 0 Å². The highest BCUT2D eigenvalue weighted by Gasteiger charge is 2.31. The van der Waals surface area contributed by atoms with E-state index in [1.807, 2.05) is 0 Å². The maximum absolute atomic E-state index is 12.8. The van der Waals surface area contributed by atoms with E-state index in [-0.39, 0.29) is 32.9 Å². The van der Waals surface area contributed by atoms with Gasteiger partial charge in [0.1, 0.15) is 0 Å². The lowest BCUT2D eigenvalue weighted by atomic mass is 10.1. The molecule has 0 aliphatic heterocycles. The van der Waals surface area contributed by atoms with Gasteiger partial charge in [-0.3, -0.25) is 0 Å². The Balaban J connectivity index is 1.80. The zero-order chi connectivity index (χ0) is 20.5. The van der Waals surface area contributed by atoms with Crippen molar-refractivity contribution in [3.63, 3.8) is 0 Å². The van der Waals surface area contributed by atoms with Crippen molar-refractivity contribution < 1.29 is 27.2 Å². The van der Waals surface area contributed by atoms with Crippen LogP contribution >= 0.6 is 23.2 Å². The number of esters is 1. The van der Waals surface area contributed by atoms with Gasteiger partial charge in [-0.15, -0.1) is 0 Å². The fourth-order valence-corrected chi connectivity index (χ4v) is 2.87. The second-order valence-corrected chi connectivity index (χ2v) is 6.49. The van der Waals surface area contributed by atoms with Crippen LogP contribution in [0, 0.1) is 0 Å². The van der Waals surface area contributed by atoms with Gasteiger partial charge < -0.3 is 9.26 Å². The molecule has 1 unspecified atom stereocenters. The van der Waals surface area contributed by atoms with Crippen LogP contribution in [0.2, 0.25) is 10.0 Å². The van der Waals surface area contributed by atoms with Crippen LogP contribution in [0.25, 0.3) is 11.4 Å². The van der Waals surface area contributed by atoms with Gasteiger partial charge in [0.25, 0.3) is 5.89 Å². The molecule has 146 valence electrons. The molecule has 0 saturated carbocycles. The van der Waals surface area contributed by atoms with E-state index in [2.05, 4.69) is 10.1 Å². The van der Waals surface area contributed by atoms with E-state index in [4.69, 9.17) is 32.5 Å². The number of carbonyl (C=O) groups is 1. The molecule has 2 aromatic carbocycles. The lowest BCUT2D eigenvalue weighted by Crippen LogP contribution is -2.10. The first-order chi connectivity index (χ1) is 13.2. The number of halogens is 5. The van der Waals surface area contributed by atoms with Crippen molar-refractivity contribution in [1.29, 1.82) is 0 Å². The third-order valence-corrected chi connectivity index (χ3v) is 4.32. The quantitative estimate of drug-likeness (QED) is 0.476. The molecule has 0 N–H and O–H groups in total. The first kappa shape index (κ1) is 20.2. The van der Waals surface area contributed by atoms with E-state index in [1.54, 1.807) is 6.07 Å². The van der Waals surface area contributed by atoms with Crippen LogP contribution in [0.5, 0.6) is 0 Å². The Morgan fingerprint density at radius 2 is 1.79 bits per heavy atom. The summed E-state index contributed by atoms with van der Waals surface area (Å²) < 4.78 is 48.8. The summed E-state index contributed by atoms with van der Waals surface area (Å²) in [5.41, 5.74) is -0.753. The summed E-state index contributed by atoms with van der Waals surface area (Å²) in [6.07, 6.45) is -5.48. The van der Waals surface area contributed by atoms with Crippen molar-refractivity contribution in [2.45, 2.75) is 19.2 Å². The van der Waals surface area contributed by atoms with Gasteiger partial charge in [-0.25, -0.2) is 4.79 Å². The van der Waals surface area contributed by atoms with Crippen LogP contribution in [0.3, 0.4) is 0 Å². The number of alkyl halides is 3. The van der Waals surface area contributed by atoms with Crippen LogP contribution < -0.4 is 0 Å². The first-order valence-corrected chi connectivity index (χ1v) is 8.58. The Labute approximate surface area is 167 Å². The zero-order valence-electron chi connectivity index (χ0n) is 14.1. The minimum Gasteiger partial charge on any atom is -0.449 e. The lowest BCUT2D eigenvalue weighted by molar-refractivity contribution is -0.137. The van der Waals surface area contributed by atoms with Crippen LogP contribution in [0.1, 0.15) is 34.8 Å². The second-order valence-electron chi connectivity index (χ2n) is 5.68. The zero-order valence-corrected chi connectivity index (χ0v) is 15.6. The molecule has 1 heterocycles. The maximum atomic E-state index is 12.8. The van der Waals surface area contributed by atoms with E-state index in [9.17, 15) is 18.0 Å². The fourth-order valence-electron chi connectivity index (χ4n) is 2.31. The number of carbonyl (C=O) groups excluding carboxylic acids is 1. The number of hydrogen-bond acceptors (Lipinski definition) is 5. The summed E-state index contributed by atoms with van der Waals surface area (Å²) in [4.78, 5) is 16.3. The molecule has 0 saturated heterocycles. The van der Waals surface area contributed by atoms with Crippen LogP contribution in [-0.4, -0.2) is 16.1 Å². The average molecular weight is 431 g/mol. The molecule has 10 heteroatoms. The van der Waals surface area contributed by atoms with E-state index in [0.717, 1.165) is 12.1 Å². The van der Waals surface area contributed by atoms with Gasteiger partial charge in [-0.1, -0.05) is 46.6 Å². The minimum atomic E-state index is -4.50. The molecule has 0 aliphatic rings. The summed E-state index contributed by atoms with van der Waals surface area (Å²) in [6.45, 7) is 1.46. The predicted octanol–water partition coefficient (Wildman–Crippen LogP) is 5.98. The number of aromatic nitrogens is 2. The van der Waals surface area contributed by atoms with Gasteiger partial charge in [0.15, 0.2) is 6.10 Å². The largest absolute Gasteiger partial charge is 0.449 e. The van der Waals surface area contributed by atoms with Crippen LogP contribution in [0.15, 0.2) is 47.0 Å². The molecule has 0 aliphatic carbocycles. The summed E-state index contributed by atoms with van der Waals surface area (Å²) in [7, 11) is 0. The minimum absolute atomic E-state index is 0.0182. The predicted molar refractivity (Wildman–Crippen MR) is 95.0 cm³/mol. The molecule has 3 rings (SSSR count). The summed E-state index contributed by atoms with van der Waals surface area (Å²) >= 11 is 11.9. The molecule has 28 heavy (non-hydrogen) atoms. The Morgan fingerprint density at radius 3 is 2.43 bits per heavy atom. The molecule has 1 aromatic heterocycles. The molecule has 0 radical (unpaired) electrons. The smallest absolute Gasteiger partial charge is 0.416 e. The molecule has 0 fully saturated rings. The van der Waals surface area contributed by atoms with Crippen LogP contribution in [0.4, 0.5) is 13.2 Å². The van der Waals surface area contributed by atoms with Crippen molar-refractivity contribution in [3.05, 3.63) is 69.5 Å². The number of benzene rings is 2. The van der Waals surface area contributed by atoms with E-state index < -0.39 is 23.8 Å². The monoisotopic (exact) mass is 430 g/mol. The van der Waals surface area contributed by atoms with Crippen molar-refractivity contribution in [2.24, 2.45) is 0 Å². The number of nitrogens with zero attached hydrogens (tertiary/aromatic N) is 2. The Morgan fingerprint density at radius 1 is 1.14 bits per heavy atom. The summed E-state index contributed by atoms with van der Waals surface area (Å²) in [5, 5.41) is 3.87. The Hall–Kier alpha value is -2.58. The Bertz CT molecular complexity index is 1000. The first-order valence-electron chi connectivity index (χ1n) is 7.83. The highest BCUT2D eigenvalue weighted by molar-refractivity contribution is 6.39. The van der Waals surface area contributed by atoms with Gasteiger partial charge in [0, 0.05) is 5.56 Å². The van der Waals surface area contributed by atoms with Gasteiger partial charge >= 0.3 is 12.1 Å². The van der Waals surface area contributed by atoms with Crippen molar-refractivity contribution in [2.75, 3.05) is 0 Å². The topological polar surface area (TPSA) is 65.2 Å². The van der Waals surface area contributed by atoms with E-state index >= 15 is 0 Å². The third kappa shape index (κ3) is 4.28. The molecule has 5 nitrogen and oxygen atoms in total. The van der Waals surface area contributed by atoms with Crippen molar-refractivity contribution in [3.8, 4) is 11.4 Å². The van der Waals surface area contributed by atoms with Gasteiger partial charge in [-0.2, -0.15) is 18.2 Å². The molecular formula is C18H11Cl2F3N2O3. The maximum Gasteiger partial charge on any atom is 0.416 e. The van der Waals surface area contributed by atoms with Gasteiger partial charge in [0.05, 0.1) is 21.2 Å². The highest BCUT2D eigenvalue weighted by Crippen LogP contribution is 2.32. The molecule has 3 aromatic rings.